The molecule has 0 saturated heterocycles. The monoisotopic (exact) mass is 1950 g/mol. The maximum atomic E-state index is 12.8. The van der Waals surface area contributed by atoms with E-state index in [2.05, 4.69) is 139 Å². The number of hydrogen-bond acceptors (Lipinski definition) is 0. The SMILES string of the molecule is CCCCCCCCC#CC1=C(c2ccccc2CCCC#CCCCCCCCCCCCCCCCCCCCCCC)[N+](=[N-])C(c2ccccc2CCCC#CCCCCCCCCCCCCCCCCCCCCCC)=C1CCCCC.[CH2-]CCCCCCCCCCCCCCCCCCCCCCCC.[CH2-]CCCCCCCCCCCCCCCCCCCCCCCC.[Ni+2]. The molecule has 1 heterocycles. The summed E-state index contributed by atoms with van der Waals surface area (Å²) in [5, 5.41) is 0. The molecule has 0 aromatic heterocycles. The second-order valence-corrected chi connectivity index (χ2v) is 43.4. The normalized spacial score (nSPS) is 11.8. The molecule has 0 N–H and O–H groups in total. The number of benzene rings is 2. The summed E-state index contributed by atoms with van der Waals surface area (Å²) in [4.78, 5) is 0. The zero-order valence-corrected chi connectivity index (χ0v) is 95.5. The van der Waals surface area contributed by atoms with E-state index in [0.717, 1.165) is 131 Å². The predicted octanol–water partition coefficient (Wildman–Crippen LogP) is 47.9. The van der Waals surface area contributed by atoms with E-state index in [-0.39, 0.29) is 16.5 Å². The molecule has 2 aromatic carbocycles. The Labute approximate surface area is 878 Å². The van der Waals surface area contributed by atoms with Gasteiger partial charge in [-0.2, -0.15) is 12.8 Å². The van der Waals surface area contributed by atoms with Crippen LogP contribution in [0.5, 0.6) is 0 Å². The van der Waals surface area contributed by atoms with E-state index in [4.69, 9.17) is 0 Å². The van der Waals surface area contributed by atoms with Crippen molar-refractivity contribution < 1.29 is 21.2 Å². The van der Waals surface area contributed by atoms with Crippen LogP contribution in [0.2, 0.25) is 0 Å². The van der Waals surface area contributed by atoms with Gasteiger partial charge >= 0.3 is 16.5 Å². The van der Waals surface area contributed by atoms with Gasteiger partial charge in [0.25, 0.3) is 0 Å². The third-order valence-electron chi connectivity index (χ3n) is 30.0. The molecule has 0 bridgehead atoms. The molecule has 0 fully saturated rings. The van der Waals surface area contributed by atoms with Gasteiger partial charge in [0.05, 0.1) is 5.56 Å². The fourth-order valence-corrected chi connectivity index (χ4v) is 20.7. The summed E-state index contributed by atoms with van der Waals surface area (Å²) in [6.45, 7) is 21.6. The minimum Gasteiger partial charge on any atom is -0.493 e. The zero-order valence-electron chi connectivity index (χ0n) is 94.5. The van der Waals surface area contributed by atoms with E-state index >= 15 is 0 Å². The summed E-state index contributed by atoms with van der Waals surface area (Å²) in [5.41, 5.74) is 21.6. The molecule has 3 heteroatoms. The average Bonchev–Trinajstić information content (AvgIpc) is 1.60. The van der Waals surface area contributed by atoms with Gasteiger partial charge in [-0.05, 0) is 81.0 Å². The Morgan fingerprint density at radius 2 is 0.370 bits per heavy atom. The Hall–Kier alpha value is -3.31. The Balaban J connectivity index is 0.00000297. The van der Waals surface area contributed by atoms with E-state index in [1.165, 1.54) is 588 Å². The summed E-state index contributed by atoms with van der Waals surface area (Å²) in [6, 6.07) is 17.7. The molecule has 0 amide bonds. The van der Waals surface area contributed by atoms with Gasteiger partial charge < -0.3 is 19.4 Å². The fraction of sp³-hybridized carbons (Fsp3) is 0.822. The number of aryl methyl sites for hydroxylation is 2. The van der Waals surface area contributed by atoms with Gasteiger partial charge in [-0.3, -0.25) is 0 Å². The van der Waals surface area contributed by atoms with E-state index in [9.17, 15) is 5.53 Å². The van der Waals surface area contributed by atoms with Crippen molar-refractivity contribution in [3.05, 3.63) is 101 Å². The molecule has 800 valence electrons. The quantitative estimate of drug-likeness (QED) is 0.0207. The van der Waals surface area contributed by atoms with Gasteiger partial charge in [-0.1, -0.05) is 661 Å². The number of hydrogen-bond donors (Lipinski definition) is 0. The molecule has 0 spiro atoms. The first-order chi connectivity index (χ1) is 68.0. The Bertz CT molecular complexity index is 2960. The van der Waals surface area contributed by atoms with Gasteiger partial charge in [0.15, 0.2) is 0 Å². The van der Waals surface area contributed by atoms with Crippen molar-refractivity contribution in [3.63, 3.8) is 0 Å². The summed E-state index contributed by atoms with van der Waals surface area (Å²) < 4.78 is 1.56. The molecular weight excluding hydrogens is 1710 g/mol. The first-order valence-corrected chi connectivity index (χ1v) is 63.1. The predicted molar refractivity (Wildman–Crippen MR) is 621 cm³/mol. The molecule has 2 aromatic rings. The van der Waals surface area contributed by atoms with Crippen LogP contribution < -0.4 is 0 Å². The van der Waals surface area contributed by atoms with Crippen molar-refractivity contribution in [3.8, 4) is 35.5 Å². The standard InChI is InChI=1S/C85H138N2.2C25H51.Ni/c1-5-9-13-16-19-22-24-26-28-30-32-34-36-38-40-42-44-46-48-50-52-54-56-59-63-70-78-72-66-68-74-80(78)84-82(76-62-12-8-4)83(77-65-61-58-21-18-15-11-7-3)85(87(84)86)81-75-69-67-73-79(81)71-64-60-57-55-53-51-49-47-45-43-41-39-37-35-33-31-29-27-25-23-20-17-14-10-6-2;2*1-3-5-7-9-11-13-15-17-19-21-23-25-24-22-20-18-16-14-12-10-8-6-4-2;/h66-69,72-75H,5-53,58-64,70-71,76H2,1-4H3;2*1,3-25H2,2H3;/q;2*-1;+2. The minimum atomic E-state index is 0. The summed E-state index contributed by atoms with van der Waals surface area (Å²) >= 11 is 0. The van der Waals surface area contributed by atoms with Gasteiger partial charge in [0, 0.05) is 43.2 Å². The molecule has 1 aliphatic rings. The Morgan fingerprint density at radius 1 is 0.196 bits per heavy atom. The first kappa shape index (κ1) is 135. The van der Waals surface area contributed by atoms with Gasteiger partial charge in [0.1, 0.15) is 5.57 Å². The smallest absolute Gasteiger partial charge is 0.493 e. The van der Waals surface area contributed by atoms with Crippen molar-refractivity contribution in [1.29, 1.82) is 0 Å². The van der Waals surface area contributed by atoms with Gasteiger partial charge in [-0.15, -0.1) is 23.7 Å². The van der Waals surface area contributed by atoms with Crippen LogP contribution in [0.1, 0.15) is 725 Å². The largest absolute Gasteiger partial charge is 2.00 e. The molecule has 138 heavy (non-hydrogen) atoms. The topological polar surface area (TPSA) is 25.3 Å². The molecule has 1 aliphatic heterocycles. The van der Waals surface area contributed by atoms with Crippen LogP contribution in [-0.4, -0.2) is 4.70 Å². The number of unbranched alkanes of at least 4 members (excludes halogenated alkanes) is 94. The van der Waals surface area contributed by atoms with E-state index in [1.54, 1.807) is 4.70 Å². The Kier molecular flexibility index (Phi) is 113. The van der Waals surface area contributed by atoms with Crippen molar-refractivity contribution in [2.45, 2.75) is 716 Å². The number of rotatable bonds is 102. The fourth-order valence-electron chi connectivity index (χ4n) is 20.7. The van der Waals surface area contributed by atoms with Crippen molar-refractivity contribution in [1.82, 2.24) is 0 Å². The molecule has 3 rings (SSSR count). The van der Waals surface area contributed by atoms with Crippen molar-refractivity contribution in [2.24, 2.45) is 0 Å². The third kappa shape index (κ3) is 90.2. The van der Waals surface area contributed by atoms with Gasteiger partial charge in [0.2, 0.25) is 11.4 Å². The summed E-state index contributed by atoms with van der Waals surface area (Å²) in [6.07, 6.45) is 144. The van der Waals surface area contributed by atoms with E-state index in [0.29, 0.717) is 0 Å². The molecule has 0 saturated carbocycles. The second-order valence-electron chi connectivity index (χ2n) is 43.4. The van der Waals surface area contributed by atoms with E-state index in [1.807, 2.05) is 0 Å². The van der Waals surface area contributed by atoms with Crippen LogP contribution in [0.3, 0.4) is 0 Å². The van der Waals surface area contributed by atoms with Crippen LogP contribution in [-0.2, 0) is 29.3 Å². The Morgan fingerprint density at radius 3 is 0.587 bits per heavy atom. The van der Waals surface area contributed by atoms with Crippen LogP contribution in [0, 0.1) is 49.4 Å². The second kappa shape index (κ2) is 116. The maximum Gasteiger partial charge on any atom is 2.00 e. The molecule has 0 aliphatic carbocycles. The summed E-state index contributed by atoms with van der Waals surface area (Å²) in [5.74, 6) is 21.6. The molecule has 0 atom stereocenters. The van der Waals surface area contributed by atoms with Crippen LogP contribution in [0.4, 0.5) is 0 Å². The zero-order chi connectivity index (χ0) is 98.3. The number of nitrogens with zero attached hydrogens (tertiary/aromatic N) is 2. The average molecular weight is 1950 g/mol. The maximum absolute atomic E-state index is 12.8. The number of allylic oxidation sites excluding steroid dienone is 2. The molecular formula is C135H240N2Ni. The minimum absolute atomic E-state index is 0. The summed E-state index contributed by atoms with van der Waals surface area (Å²) in [7, 11) is 0. The van der Waals surface area contributed by atoms with E-state index < -0.39 is 0 Å². The van der Waals surface area contributed by atoms with Gasteiger partial charge in [-0.25, -0.2) is 4.70 Å². The van der Waals surface area contributed by atoms with Crippen LogP contribution in [0.25, 0.3) is 16.9 Å². The van der Waals surface area contributed by atoms with Crippen LogP contribution in [0.15, 0.2) is 59.7 Å². The molecule has 0 radical (unpaired) electrons. The first-order valence-electron chi connectivity index (χ1n) is 63.1. The molecule has 2 nitrogen and oxygen atoms in total. The van der Waals surface area contributed by atoms with Crippen molar-refractivity contribution in [2.75, 3.05) is 0 Å². The molecule has 0 unspecified atom stereocenters. The van der Waals surface area contributed by atoms with Crippen LogP contribution >= 0.6 is 0 Å². The third-order valence-corrected chi connectivity index (χ3v) is 30.0. The van der Waals surface area contributed by atoms with Crippen molar-refractivity contribution >= 4 is 11.4 Å².